The summed E-state index contributed by atoms with van der Waals surface area (Å²) >= 11 is 1.58. The number of nitrogens with zero attached hydrogens (tertiary/aromatic N) is 2. The number of rotatable bonds is 4. The average molecular weight is 377 g/mol. The summed E-state index contributed by atoms with van der Waals surface area (Å²) in [7, 11) is 0.414. The minimum atomic E-state index is -0.422. The summed E-state index contributed by atoms with van der Waals surface area (Å²) in [6.45, 7) is 1.52. The fraction of sp³-hybridized carbons (Fsp3) is 0.250. The standard InChI is InChI=1S/C20H20BN3O2S/c25-14-21-24-11-17-12-27-19(22-18(26)15-7-3-1-4-8-15)23-20(17,13-24)16-9-5-2-6-10-16/h1-10,14,17,21H,11-13H2,(H,22,23,26). The van der Waals surface area contributed by atoms with Gasteiger partial charge in [-0.25, -0.2) is 4.99 Å². The quantitative estimate of drug-likeness (QED) is 0.653. The molecule has 1 amide bonds. The highest BCUT2D eigenvalue weighted by Crippen LogP contribution is 2.45. The molecule has 4 rings (SSSR count). The molecule has 2 heterocycles. The lowest BCUT2D eigenvalue weighted by Gasteiger charge is -2.35. The van der Waals surface area contributed by atoms with E-state index in [1.165, 1.54) is 0 Å². The van der Waals surface area contributed by atoms with Crippen molar-refractivity contribution in [1.82, 2.24) is 10.1 Å². The number of aliphatic imine (C=N–C) groups is 1. The third kappa shape index (κ3) is 3.57. The zero-order valence-corrected chi connectivity index (χ0v) is 15.7. The van der Waals surface area contributed by atoms with Crippen LogP contribution in [0.3, 0.4) is 0 Å². The Kier molecular flexibility index (Phi) is 5.14. The van der Waals surface area contributed by atoms with Crippen molar-refractivity contribution < 1.29 is 9.59 Å². The number of hydrogen-bond acceptors (Lipinski definition) is 5. The molecule has 0 spiro atoms. The molecule has 1 fully saturated rings. The Morgan fingerprint density at radius 2 is 1.89 bits per heavy atom. The first-order chi connectivity index (χ1) is 13.2. The van der Waals surface area contributed by atoms with E-state index in [0.717, 1.165) is 24.0 Å². The predicted molar refractivity (Wildman–Crippen MR) is 111 cm³/mol. The minimum absolute atomic E-state index is 0.147. The average Bonchev–Trinajstić information content (AvgIpc) is 3.08. The second kappa shape index (κ2) is 7.70. The molecule has 2 unspecified atom stereocenters. The summed E-state index contributed by atoms with van der Waals surface area (Å²) in [4.78, 5) is 30.8. The van der Waals surface area contributed by atoms with Crippen LogP contribution >= 0.6 is 11.8 Å². The van der Waals surface area contributed by atoms with Crippen LogP contribution in [0, 0.1) is 5.92 Å². The van der Waals surface area contributed by atoms with Crippen molar-refractivity contribution in [2.24, 2.45) is 10.9 Å². The molecule has 2 aromatic rings. The summed E-state index contributed by atoms with van der Waals surface area (Å²) in [6.07, 6.45) is 0.949. The molecule has 1 N–H and O–H groups in total. The monoisotopic (exact) mass is 377 g/mol. The fourth-order valence-electron chi connectivity index (χ4n) is 3.89. The predicted octanol–water partition coefficient (Wildman–Crippen LogP) is 1.89. The number of amidine groups is 1. The van der Waals surface area contributed by atoms with Crippen molar-refractivity contribution >= 4 is 36.4 Å². The highest BCUT2D eigenvalue weighted by molar-refractivity contribution is 8.13. The molecule has 7 heteroatoms. The van der Waals surface area contributed by atoms with Gasteiger partial charge in [0.05, 0.1) is 6.19 Å². The van der Waals surface area contributed by atoms with Gasteiger partial charge in [0.15, 0.2) is 5.17 Å². The van der Waals surface area contributed by atoms with E-state index in [1.54, 1.807) is 23.9 Å². The van der Waals surface area contributed by atoms with Gasteiger partial charge in [-0.05, 0) is 24.2 Å². The lowest BCUT2D eigenvalue weighted by molar-refractivity contribution is 0.0977. The number of amides is 1. The van der Waals surface area contributed by atoms with E-state index in [2.05, 4.69) is 22.3 Å². The number of nitrogens with one attached hydrogen (secondary N) is 1. The Morgan fingerprint density at radius 1 is 1.19 bits per heavy atom. The lowest BCUT2D eigenvalue weighted by Crippen LogP contribution is -2.42. The largest absolute Gasteiger partial charge is 0.336 e. The molecule has 2 aromatic carbocycles. The highest BCUT2D eigenvalue weighted by Gasteiger charge is 2.50. The van der Waals surface area contributed by atoms with E-state index in [-0.39, 0.29) is 5.91 Å². The van der Waals surface area contributed by atoms with Crippen LogP contribution < -0.4 is 5.32 Å². The van der Waals surface area contributed by atoms with Crippen LogP contribution in [0.2, 0.25) is 0 Å². The molecule has 0 aliphatic carbocycles. The van der Waals surface area contributed by atoms with Crippen molar-refractivity contribution in [1.29, 1.82) is 0 Å². The van der Waals surface area contributed by atoms with Crippen LogP contribution in [-0.4, -0.2) is 48.3 Å². The van der Waals surface area contributed by atoms with Gasteiger partial charge in [-0.3, -0.25) is 4.79 Å². The topological polar surface area (TPSA) is 61.8 Å². The Morgan fingerprint density at radius 3 is 2.59 bits per heavy atom. The number of hydrogen-bond donors (Lipinski definition) is 1. The maximum absolute atomic E-state index is 12.6. The molecule has 5 nitrogen and oxygen atoms in total. The van der Waals surface area contributed by atoms with E-state index in [9.17, 15) is 9.59 Å². The molecule has 136 valence electrons. The number of fused-ring (bicyclic) bond motifs is 1. The Labute approximate surface area is 163 Å². The second-order valence-electron chi connectivity index (χ2n) is 6.90. The van der Waals surface area contributed by atoms with Crippen molar-refractivity contribution in [2.75, 3.05) is 18.8 Å². The van der Waals surface area contributed by atoms with E-state index in [1.807, 2.05) is 36.4 Å². The van der Waals surface area contributed by atoms with Gasteiger partial charge >= 0.3 is 0 Å². The molecule has 27 heavy (non-hydrogen) atoms. The summed E-state index contributed by atoms with van der Waals surface area (Å²) in [5.74, 6) is 1.02. The van der Waals surface area contributed by atoms with Crippen LogP contribution in [0.15, 0.2) is 65.7 Å². The van der Waals surface area contributed by atoms with E-state index < -0.39 is 5.54 Å². The molecule has 2 aliphatic rings. The molecule has 0 radical (unpaired) electrons. The Bertz CT molecular complexity index is 862. The van der Waals surface area contributed by atoms with Crippen LogP contribution in [0.4, 0.5) is 0 Å². The number of carbonyl (C=O) groups is 2. The third-order valence-corrected chi connectivity index (χ3v) is 6.24. The lowest BCUT2D eigenvalue weighted by atomic mass is 9.82. The fourth-order valence-corrected chi connectivity index (χ4v) is 5.03. The molecule has 2 atom stereocenters. The molecule has 0 aromatic heterocycles. The van der Waals surface area contributed by atoms with Gasteiger partial charge in [-0.1, -0.05) is 60.3 Å². The first kappa shape index (κ1) is 18.0. The summed E-state index contributed by atoms with van der Waals surface area (Å²) in [5.41, 5.74) is 1.33. The highest BCUT2D eigenvalue weighted by atomic mass is 32.2. The van der Waals surface area contributed by atoms with Gasteiger partial charge in [-0.15, -0.1) is 0 Å². The van der Waals surface area contributed by atoms with Crippen molar-refractivity contribution in [2.45, 2.75) is 5.54 Å². The second-order valence-corrected chi connectivity index (χ2v) is 7.90. The smallest absolute Gasteiger partial charge is 0.281 e. The van der Waals surface area contributed by atoms with Crippen LogP contribution in [0.5, 0.6) is 0 Å². The first-order valence-electron chi connectivity index (χ1n) is 9.02. The molecule has 0 bridgehead atoms. The zero-order valence-electron chi connectivity index (χ0n) is 14.9. The maximum atomic E-state index is 12.6. The maximum Gasteiger partial charge on any atom is 0.281 e. The van der Waals surface area contributed by atoms with Gasteiger partial charge in [0.2, 0.25) is 0 Å². The third-order valence-electron chi connectivity index (χ3n) is 5.20. The number of carbonyl (C=O) groups excluding carboxylic acids is 2. The molecule has 0 saturated carbocycles. The van der Waals surface area contributed by atoms with Crippen molar-refractivity contribution in [3.8, 4) is 0 Å². The van der Waals surface area contributed by atoms with E-state index in [4.69, 9.17) is 4.99 Å². The van der Waals surface area contributed by atoms with Crippen LogP contribution in [0.1, 0.15) is 15.9 Å². The van der Waals surface area contributed by atoms with Gasteiger partial charge in [-0.2, -0.15) is 0 Å². The normalized spacial score (nSPS) is 24.6. The molecular formula is C20H20BN3O2S. The van der Waals surface area contributed by atoms with E-state index >= 15 is 0 Å². The van der Waals surface area contributed by atoms with Gasteiger partial charge in [0, 0.05) is 23.8 Å². The Balaban J connectivity index is 1.65. The van der Waals surface area contributed by atoms with Crippen molar-refractivity contribution in [3.63, 3.8) is 0 Å². The van der Waals surface area contributed by atoms with Crippen LogP contribution in [0.25, 0.3) is 0 Å². The molecular weight excluding hydrogens is 357 g/mol. The first-order valence-corrected chi connectivity index (χ1v) is 10.0. The Hall–Kier alpha value is -2.38. The van der Waals surface area contributed by atoms with Gasteiger partial charge < -0.3 is 14.9 Å². The minimum Gasteiger partial charge on any atom is -0.336 e. The van der Waals surface area contributed by atoms with E-state index in [0.29, 0.717) is 30.6 Å². The van der Waals surface area contributed by atoms with Gasteiger partial charge in [0.1, 0.15) is 5.54 Å². The number of thioether (sulfide) groups is 1. The van der Waals surface area contributed by atoms with Crippen molar-refractivity contribution in [3.05, 3.63) is 71.8 Å². The van der Waals surface area contributed by atoms with Crippen LogP contribution in [-0.2, 0) is 10.3 Å². The summed E-state index contributed by atoms with van der Waals surface area (Å²) in [5, 5.41) is 3.63. The summed E-state index contributed by atoms with van der Waals surface area (Å²) in [6, 6.07) is 19.4. The molecule has 2 aliphatic heterocycles. The molecule has 1 saturated heterocycles. The van der Waals surface area contributed by atoms with Gasteiger partial charge in [0.25, 0.3) is 13.3 Å². The number of benzene rings is 2. The zero-order chi connectivity index (χ0) is 18.7. The SMILES string of the molecule is O=CBN1CC2CSC(NC(=O)c3ccccc3)=NC2(c2ccccc2)C1. The summed E-state index contributed by atoms with van der Waals surface area (Å²) < 4.78 is 0.